The summed E-state index contributed by atoms with van der Waals surface area (Å²) in [5.41, 5.74) is 0.610. The van der Waals surface area contributed by atoms with Crippen LogP contribution in [-0.4, -0.2) is 50.5 Å². The van der Waals surface area contributed by atoms with E-state index in [4.69, 9.17) is 4.74 Å². The van der Waals surface area contributed by atoms with Crippen LogP contribution in [0, 0.1) is 0 Å². The third-order valence-electron chi connectivity index (χ3n) is 3.38. The molecule has 0 aliphatic carbocycles. The van der Waals surface area contributed by atoms with Crippen molar-refractivity contribution in [2.75, 3.05) is 39.1 Å². The Morgan fingerprint density at radius 2 is 2.00 bits per heavy atom. The van der Waals surface area contributed by atoms with E-state index in [0.29, 0.717) is 24.4 Å². The number of para-hydroxylation sites is 2. The van der Waals surface area contributed by atoms with Crippen molar-refractivity contribution in [3.05, 3.63) is 24.3 Å². The van der Waals surface area contributed by atoms with E-state index in [1.165, 1.54) is 0 Å². The Kier molecular flexibility index (Phi) is 8.75. The minimum absolute atomic E-state index is 0.0114. The molecule has 1 aromatic carbocycles. The Morgan fingerprint density at radius 3 is 2.65 bits per heavy atom. The molecule has 1 aromatic rings. The zero-order valence-electron chi connectivity index (χ0n) is 14.2. The summed E-state index contributed by atoms with van der Waals surface area (Å²) in [6.45, 7) is 3.42. The SMILES string of the molecule is CCCN(CC(=O)Nc1ccccc1OC)C(=O)CCCNC. The van der Waals surface area contributed by atoms with Gasteiger partial charge in [0.25, 0.3) is 0 Å². The summed E-state index contributed by atoms with van der Waals surface area (Å²) in [6, 6.07) is 7.21. The van der Waals surface area contributed by atoms with Gasteiger partial charge in [-0.1, -0.05) is 19.1 Å². The molecule has 0 saturated heterocycles. The maximum absolute atomic E-state index is 12.2. The topological polar surface area (TPSA) is 70.7 Å². The van der Waals surface area contributed by atoms with E-state index in [9.17, 15) is 9.59 Å². The lowest BCUT2D eigenvalue weighted by Crippen LogP contribution is -2.38. The number of rotatable bonds is 10. The van der Waals surface area contributed by atoms with Crippen LogP contribution in [0.2, 0.25) is 0 Å². The first-order valence-corrected chi connectivity index (χ1v) is 7.97. The highest BCUT2D eigenvalue weighted by molar-refractivity contribution is 5.95. The summed E-state index contributed by atoms with van der Waals surface area (Å²) in [5, 5.41) is 5.82. The van der Waals surface area contributed by atoms with Crippen LogP contribution >= 0.6 is 0 Å². The Balaban J connectivity index is 2.61. The fourth-order valence-corrected chi connectivity index (χ4v) is 2.25. The highest BCUT2D eigenvalue weighted by Gasteiger charge is 2.16. The van der Waals surface area contributed by atoms with Gasteiger partial charge in [-0.05, 0) is 38.6 Å². The maximum Gasteiger partial charge on any atom is 0.244 e. The number of nitrogens with zero attached hydrogens (tertiary/aromatic N) is 1. The molecule has 0 radical (unpaired) electrons. The van der Waals surface area contributed by atoms with Crippen LogP contribution in [-0.2, 0) is 9.59 Å². The molecular weight excluding hydrogens is 294 g/mol. The predicted molar refractivity (Wildman–Crippen MR) is 91.7 cm³/mol. The van der Waals surface area contributed by atoms with Crippen LogP contribution in [0.1, 0.15) is 26.2 Å². The minimum Gasteiger partial charge on any atom is -0.495 e. The Labute approximate surface area is 138 Å². The van der Waals surface area contributed by atoms with Gasteiger partial charge < -0.3 is 20.3 Å². The third kappa shape index (κ3) is 6.69. The Hall–Kier alpha value is -2.08. The molecule has 2 amide bonds. The van der Waals surface area contributed by atoms with Gasteiger partial charge in [0.2, 0.25) is 11.8 Å². The lowest BCUT2D eigenvalue weighted by atomic mass is 10.2. The van der Waals surface area contributed by atoms with Gasteiger partial charge in [-0.25, -0.2) is 0 Å². The first-order valence-electron chi connectivity index (χ1n) is 7.97. The van der Waals surface area contributed by atoms with Crippen LogP contribution in [0.15, 0.2) is 24.3 Å². The van der Waals surface area contributed by atoms with E-state index in [0.717, 1.165) is 19.4 Å². The normalized spacial score (nSPS) is 10.2. The van der Waals surface area contributed by atoms with Crippen LogP contribution in [0.5, 0.6) is 5.75 Å². The molecule has 0 aliphatic rings. The minimum atomic E-state index is -0.218. The van der Waals surface area contributed by atoms with Crippen molar-refractivity contribution in [3.8, 4) is 5.75 Å². The lowest BCUT2D eigenvalue weighted by molar-refractivity contribution is -0.134. The number of carbonyl (C=O) groups excluding carboxylic acids is 2. The van der Waals surface area contributed by atoms with E-state index >= 15 is 0 Å². The summed E-state index contributed by atoms with van der Waals surface area (Å²) in [4.78, 5) is 26.1. The van der Waals surface area contributed by atoms with Crippen molar-refractivity contribution in [2.24, 2.45) is 0 Å². The highest BCUT2D eigenvalue weighted by Crippen LogP contribution is 2.22. The van der Waals surface area contributed by atoms with Gasteiger partial charge in [-0.15, -0.1) is 0 Å². The van der Waals surface area contributed by atoms with E-state index < -0.39 is 0 Å². The fourth-order valence-electron chi connectivity index (χ4n) is 2.25. The van der Waals surface area contributed by atoms with Crippen molar-refractivity contribution in [3.63, 3.8) is 0 Å². The number of hydrogen-bond acceptors (Lipinski definition) is 4. The number of ether oxygens (including phenoxy) is 1. The van der Waals surface area contributed by atoms with Gasteiger partial charge in [-0.2, -0.15) is 0 Å². The molecule has 1 rings (SSSR count). The average Bonchev–Trinajstić information content (AvgIpc) is 2.55. The van der Waals surface area contributed by atoms with Gasteiger partial charge in [0.15, 0.2) is 0 Å². The van der Waals surface area contributed by atoms with E-state index in [-0.39, 0.29) is 18.4 Å². The number of methoxy groups -OCH3 is 1. The summed E-state index contributed by atoms with van der Waals surface area (Å²) < 4.78 is 5.21. The zero-order chi connectivity index (χ0) is 17.1. The lowest BCUT2D eigenvalue weighted by Gasteiger charge is -2.22. The van der Waals surface area contributed by atoms with Crippen molar-refractivity contribution < 1.29 is 14.3 Å². The van der Waals surface area contributed by atoms with Crippen molar-refractivity contribution >= 4 is 17.5 Å². The molecule has 0 aromatic heterocycles. The number of anilines is 1. The van der Waals surface area contributed by atoms with Crippen LogP contribution in [0.3, 0.4) is 0 Å². The third-order valence-corrected chi connectivity index (χ3v) is 3.38. The number of hydrogen-bond donors (Lipinski definition) is 2. The predicted octanol–water partition coefficient (Wildman–Crippen LogP) is 1.87. The molecule has 0 saturated carbocycles. The molecule has 0 atom stereocenters. The molecule has 0 bridgehead atoms. The second kappa shape index (κ2) is 10.6. The number of nitrogens with one attached hydrogen (secondary N) is 2. The van der Waals surface area contributed by atoms with Crippen molar-refractivity contribution in [1.82, 2.24) is 10.2 Å². The molecule has 0 heterocycles. The monoisotopic (exact) mass is 321 g/mol. The Bertz CT molecular complexity index is 506. The molecule has 0 aliphatic heterocycles. The zero-order valence-corrected chi connectivity index (χ0v) is 14.2. The molecule has 0 spiro atoms. The molecule has 6 heteroatoms. The largest absolute Gasteiger partial charge is 0.495 e. The van der Waals surface area contributed by atoms with Gasteiger partial charge in [-0.3, -0.25) is 9.59 Å². The van der Waals surface area contributed by atoms with E-state index in [1.54, 1.807) is 24.1 Å². The van der Waals surface area contributed by atoms with E-state index in [2.05, 4.69) is 10.6 Å². The van der Waals surface area contributed by atoms with Crippen molar-refractivity contribution in [1.29, 1.82) is 0 Å². The van der Waals surface area contributed by atoms with Gasteiger partial charge in [0, 0.05) is 13.0 Å². The number of carbonyl (C=O) groups is 2. The summed E-state index contributed by atoms with van der Waals surface area (Å²) in [5.74, 6) is 0.394. The molecule has 23 heavy (non-hydrogen) atoms. The first-order chi connectivity index (χ1) is 11.1. The maximum atomic E-state index is 12.2. The van der Waals surface area contributed by atoms with Crippen LogP contribution < -0.4 is 15.4 Å². The molecule has 128 valence electrons. The Morgan fingerprint density at radius 1 is 1.26 bits per heavy atom. The smallest absolute Gasteiger partial charge is 0.244 e. The quantitative estimate of drug-likeness (QED) is 0.646. The van der Waals surface area contributed by atoms with Crippen LogP contribution in [0.25, 0.3) is 0 Å². The molecule has 0 fully saturated rings. The highest BCUT2D eigenvalue weighted by atomic mass is 16.5. The number of amides is 2. The fraction of sp³-hybridized carbons (Fsp3) is 0.529. The number of benzene rings is 1. The standard InChI is InChI=1S/C17H27N3O3/c1-4-12-20(17(22)10-7-11-18-2)13-16(21)19-14-8-5-6-9-15(14)23-3/h5-6,8-9,18H,4,7,10-13H2,1-3H3,(H,19,21). The molecule has 2 N–H and O–H groups in total. The molecule has 0 unspecified atom stereocenters. The summed E-state index contributed by atoms with van der Waals surface area (Å²) >= 11 is 0. The second-order valence-corrected chi connectivity index (χ2v) is 5.27. The van der Waals surface area contributed by atoms with Crippen LogP contribution in [0.4, 0.5) is 5.69 Å². The van der Waals surface area contributed by atoms with Gasteiger partial charge in [0.05, 0.1) is 19.3 Å². The average molecular weight is 321 g/mol. The summed E-state index contributed by atoms with van der Waals surface area (Å²) in [6.07, 6.45) is 2.03. The van der Waals surface area contributed by atoms with Crippen molar-refractivity contribution in [2.45, 2.75) is 26.2 Å². The molecular formula is C17H27N3O3. The molecule has 6 nitrogen and oxygen atoms in total. The summed E-state index contributed by atoms with van der Waals surface area (Å²) in [7, 11) is 3.41. The van der Waals surface area contributed by atoms with Gasteiger partial charge in [0.1, 0.15) is 5.75 Å². The van der Waals surface area contributed by atoms with Gasteiger partial charge >= 0.3 is 0 Å². The first kappa shape index (κ1) is 19.0. The van der Waals surface area contributed by atoms with E-state index in [1.807, 2.05) is 26.1 Å². The second-order valence-electron chi connectivity index (χ2n) is 5.27.